The number of hydrogen-bond donors (Lipinski definition) is 0. The van der Waals surface area contributed by atoms with Crippen LogP contribution < -0.4 is 0 Å². The summed E-state index contributed by atoms with van der Waals surface area (Å²) in [5, 5.41) is 3.77. The Labute approximate surface area is 75.5 Å². The molecule has 0 N–H and O–H groups in total. The van der Waals surface area contributed by atoms with Gasteiger partial charge in [-0.2, -0.15) is 0 Å². The Kier molecular flexibility index (Phi) is 2.57. The van der Waals surface area contributed by atoms with E-state index in [9.17, 15) is 4.79 Å². The van der Waals surface area contributed by atoms with Gasteiger partial charge >= 0.3 is 5.97 Å². The Morgan fingerprint density at radius 1 is 1.92 bits per heavy atom. The van der Waals surface area contributed by atoms with Crippen molar-refractivity contribution in [1.29, 1.82) is 0 Å². The van der Waals surface area contributed by atoms with Crippen molar-refractivity contribution in [2.24, 2.45) is 5.16 Å². The molecule has 4 nitrogen and oxygen atoms in total. The topological polar surface area (TPSA) is 47.9 Å². The number of halogens is 1. The van der Waals surface area contributed by atoms with Crippen molar-refractivity contribution in [3.05, 3.63) is 0 Å². The van der Waals surface area contributed by atoms with Crippen LogP contribution in [-0.2, 0) is 14.4 Å². The van der Waals surface area contributed by atoms with Crippen molar-refractivity contribution in [1.82, 2.24) is 0 Å². The lowest BCUT2D eigenvalue weighted by atomic mass is 10.0. The van der Waals surface area contributed by atoms with Gasteiger partial charge in [-0.25, -0.2) is 4.79 Å². The molecule has 1 aliphatic heterocycles. The van der Waals surface area contributed by atoms with Crippen molar-refractivity contribution in [2.75, 3.05) is 6.61 Å². The molecule has 1 unspecified atom stereocenters. The van der Waals surface area contributed by atoms with Gasteiger partial charge in [-0.15, -0.1) is 0 Å². The Hall–Kier alpha value is -0.770. The maximum atomic E-state index is 11.2. The van der Waals surface area contributed by atoms with Gasteiger partial charge < -0.3 is 9.57 Å². The molecule has 0 aromatic heterocycles. The summed E-state index contributed by atoms with van der Waals surface area (Å²) in [5.41, 5.74) is -1.02. The lowest BCUT2D eigenvalue weighted by Gasteiger charge is -2.17. The fraction of sp³-hybridized carbons (Fsp3) is 0.714. The first-order valence-electron chi connectivity index (χ1n) is 3.66. The quantitative estimate of drug-likeness (QED) is 0.618. The largest absolute Gasteiger partial charge is 0.463 e. The summed E-state index contributed by atoms with van der Waals surface area (Å²) in [4.78, 5) is 16.1. The van der Waals surface area contributed by atoms with E-state index >= 15 is 0 Å². The van der Waals surface area contributed by atoms with Crippen LogP contribution in [0.4, 0.5) is 0 Å². The summed E-state index contributed by atoms with van der Waals surface area (Å²) in [5.74, 6) is -0.426. The number of carbonyl (C=O) groups excluding carboxylic acids is 1. The van der Waals surface area contributed by atoms with Crippen molar-refractivity contribution in [3.63, 3.8) is 0 Å². The van der Waals surface area contributed by atoms with E-state index in [1.807, 2.05) is 0 Å². The molecule has 0 radical (unpaired) electrons. The lowest BCUT2D eigenvalue weighted by molar-refractivity contribution is -0.166. The molecular formula is C7H10ClNO3. The summed E-state index contributed by atoms with van der Waals surface area (Å²) in [6, 6.07) is 0. The van der Waals surface area contributed by atoms with E-state index in [2.05, 4.69) is 5.16 Å². The highest BCUT2D eigenvalue weighted by Gasteiger charge is 2.42. The average Bonchev–Trinajstić information content (AvgIpc) is 2.33. The highest BCUT2D eigenvalue weighted by atomic mass is 35.5. The van der Waals surface area contributed by atoms with Crippen LogP contribution in [0.2, 0.25) is 0 Å². The highest BCUT2D eigenvalue weighted by Crippen LogP contribution is 2.26. The Bertz CT molecular complexity index is 229. The van der Waals surface area contributed by atoms with E-state index in [0.717, 1.165) is 0 Å². The number of nitrogens with zero attached hydrogens (tertiary/aromatic N) is 1. The van der Waals surface area contributed by atoms with E-state index in [0.29, 0.717) is 11.8 Å². The van der Waals surface area contributed by atoms with E-state index in [-0.39, 0.29) is 6.42 Å². The molecule has 0 bridgehead atoms. The third-order valence-corrected chi connectivity index (χ3v) is 1.74. The molecule has 5 heteroatoms. The van der Waals surface area contributed by atoms with Crippen LogP contribution in [0.5, 0.6) is 0 Å². The zero-order valence-electron chi connectivity index (χ0n) is 6.96. The van der Waals surface area contributed by atoms with Crippen molar-refractivity contribution < 1.29 is 14.4 Å². The molecule has 0 spiro atoms. The van der Waals surface area contributed by atoms with E-state index in [4.69, 9.17) is 21.2 Å². The molecule has 1 rings (SSSR count). The van der Waals surface area contributed by atoms with Crippen molar-refractivity contribution in [3.8, 4) is 0 Å². The molecule has 1 aliphatic rings. The van der Waals surface area contributed by atoms with Gasteiger partial charge in [0.2, 0.25) is 5.60 Å². The van der Waals surface area contributed by atoms with Gasteiger partial charge in [0.25, 0.3) is 0 Å². The number of oxime groups is 1. The van der Waals surface area contributed by atoms with Crippen LogP contribution in [0.15, 0.2) is 5.16 Å². The molecule has 1 atom stereocenters. The summed E-state index contributed by atoms with van der Waals surface area (Å²) in [7, 11) is 0. The second kappa shape index (κ2) is 3.31. The van der Waals surface area contributed by atoms with Crippen LogP contribution in [0, 0.1) is 0 Å². The van der Waals surface area contributed by atoms with Crippen LogP contribution in [0.1, 0.15) is 20.3 Å². The Morgan fingerprint density at radius 2 is 2.58 bits per heavy atom. The highest BCUT2D eigenvalue weighted by molar-refractivity contribution is 6.65. The second-order valence-electron chi connectivity index (χ2n) is 2.69. The van der Waals surface area contributed by atoms with E-state index in [1.54, 1.807) is 13.8 Å². The number of rotatable bonds is 2. The average molecular weight is 192 g/mol. The molecule has 68 valence electrons. The van der Waals surface area contributed by atoms with Crippen LogP contribution in [0.25, 0.3) is 0 Å². The molecule has 0 fully saturated rings. The van der Waals surface area contributed by atoms with Gasteiger partial charge in [0.1, 0.15) is 5.17 Å². The zero-order valence-corrected chi connectivity index (χ0v) is 7.72. The van der Waals surface area contributed by atoms with Crippen LogP contribution >= 0.6 is 11.6 Å². The third kappa shape index (κ3) is 1.69. The normalized spacial score (nSPS) is 27.8. The number of ether oxygens (including phenoxy) is 1. The van der Waals surface area contributed by atoms with Crippen LogP contribution in [0.3, 0.4) is 0 Å². The van der Waals surface area contributed by atoms with Gasteiger partial charge in [0.05, 0.1) is 13.0 Å². The SMILES string of the molecule is CCOC(=O)C1(C)CC(Cl)=NO1. The fourth-order valence-corrected chi connectivity index (χ4v) is 1.18. The maximum Gasteiger partial charge on any atom is 0.353 e. The van der Waals surface area contributed by atoms with Gasteiger partial charge in [0.15, 0.2) is 0 Å². The molecule has 12 heavy (non-hydrogen) atoms. The minimum atomic E-state index is -1.02. The smallest absolute Gasteiger partial charge is 0.353 e. The monoisotopic (exact) mass is 191 g/mol. The van der Waals surface area contributed by atoms with E-state index < -0.39 is 11.6 Å². The first-order valence-corrected chi connectivity index (χ1v) is 4.04. The van der Waals surface area contributed by atoms with Crippen LogP contribution in [-0.4, -0.2) is 23.3 Å². The Balaban J connectivity index is 2.57. The lowest BCUT2D eigenvalue weighted by Crippen LogP contribution is -2.36. The molecule has 0 aromatic rings. The number of carbonyl (C=O) groups is 1. The molecule has 0 saturated carbocycles. The maximum absolute atomic E-state index is 11.2. The standard InChI is InChI=1S/C7H10ClNO3/c1-3-11-6(10)7(2)4-5(8)9-12-7/h3-4H2,1-2H3. The number of esters is 1. The third-order valence-electron chi connectivity index (χ3n) is 1.54. The summed E-state index contributed by atoms with van der Waals surface area (Å²) in [6.07, 6.45) is 0.285. The van der Waals surface area contributed by atoms with Gasteiger partial charge in [-0.3, -0.25) is 0 Å². The molecule has 0 saturated heterocycles. The first-order chi connectivity index (χ1) is 5.58. The van der Waals surface area contributed by atoms with Crippen molar-refractivity contribution >= 4 is 22.7 Å². The zero-order chi connectivity index (χ0) is 9.19. The summed E-state index contributed by atoms with van der Waals surface area (Å²) < 4.78 is 4.78. The predicted octanol–water partition coefficient (Wildman–Crippen LogP) is 1.28. The van der Waals surface area contributed by atoms with Gasteiger partial charge in [-0.05, 0) is 13.8 Å². The van der Waals surface area contributed by atoms with E-state index in [1.165, 1.54) is 0 Å². The fourth-order valence-electron chi connectivity index (χ4n) is 0.886. The summed E-state index contributed by atoms with van der Waals surface area (Å²) in [6.45, 7) is 3.66. The molecule has 0 amide bonds. The second-order valence-corrected chi connectivity index (χ2v) is 3.12. The molecule has 0 aliphatic carbocycles. The minimum Gasteiger partial charge on any atom is -0.463 e. The Morgan fingerprint density at radius 3 is 3.00 bits per heavy atom. The van der Waals surface area contributed by atoms with Gasteiger partial charge in [0, 0.05) is 0 Å². The molecule has 1 heterocycles. The molecule has 0 aromatic carbocycles. The predicted molar refractivity (Wildman–Crippen MR) is 44.0 cm³/mol. The van der Waals surface area contributed by atoms with Gasteiger partial charge in [-0.1, -0.05) is 16.8 Å². The first kappa shape index (κ1) is 9.32. The summed E-state index contributed by atoms with van der Waals surface area (Å²) >= 11 is 5.56. The van der Waals surface area contributed by atoms with Crippen molar-refractivity contribution in [2.45, 2.75) is 25.9 Å². The minimum absolute atomic E-state index is 0.285. The number of hydrogen-bond acceptors (Lipinski definition) is 4. The molecular weight excluding hydrogens is 182 g/mol.